The summed E-state index contributed by atoms with van der Waals surface area (Å²) < 4.78 is 12.1. The van der Waals surface area contributed by atoms with E-state index in [0.717, 1.165) is 58.2 Å². The number of benzene rings is 1. The molecule has 2 aromatic heterocycles. The Morgan fingerprint density at radius 2 is 0.839 bits per heavy atom. The van der Waals surface area contributed by atoms with Gasteiger partial charge in [0.1, 0.15) is 58.8 Å². The van der Waals surface area contributed by atoms with Crippen LogP contribution >= 0.6 is 22.7 Å². The van der Waals surface area contributed by atoms with Gasteiger partial charge in [-0.3, -0.25) is 0 Å². The first-order valence-corrected chi connectivity index (χ1v) is 21.8. The normalized spacial score (nSPS) is 15.3. The van der Waals surface area contributed by atoms with E-state index in [1.165, 1.54) is 10.0 Å². The summed E-state index contributed by atoms with van der Waals surface area (Å²) in [4.78, 5) is 6.79. The Bertz CT molecular complexity index is 2550. The molecule has 0 bridgehead atoms. The topological polar surface area (TPSA) is 168 Å². The highest BCUT2D eigenvalue weighted by Gasteiger charge is 2.40. The first-order chi connectivity index (χ1) is 29.8. The molecule has 3 aromatic rings. The summed E-state index contributed by atoms with van der Waals surface area (Å²) in [5, 5.41) is 61.5. The molecule has 0 radical (unpaired) electrons. The summed E-state index contributed by atoms with van der Waals surface area (Å²) in [5.41, 5.74) is 1.83. The van der Waals surface area contributed by atoms with Crippen molar-refractivity contribution in [1.29, 1.82) is 31.6 Å². The molecule has 10 nitrogen and oxygen atoms in total. The molecule has 0 saturated heterocycles. The maximum atomic E-state index is 10.3. The highest BCUT2D eigenvalue weighted by molar-refractivity contribution is 7.17. The number of anilines is 2. The molecule has 0 N–H and O–H groups in total. The van der Waals surface area contributed by atoms with Gasteiger partial charge in [-0.25, -0.2) is 0 Å². The third kappa shape index (κ3) is 9.66. The minimum Gasteiger partial charge on any atom is -0.480 e. The molecule has 0 amide bonds. The first kappa shape index (κ1) is 45.8. The van der Waals surface area contributed by atoms with Gasteiger partial charge in [-0.05, 0) is 126 Å². The second-order valence-electron chi connectivity index (χ2n) is 15.0. The van der Waals surface area contributed by atoms with Gasteiger partial charge in [0, 0.05) is 47.1 Å². The first-order valence-electron chi connectivity index (χ1n) is 20.1. The number of rotatable bonds is 14. The molecule has 2 aliphatic heterocycles. The van der Waals surface area contributed by atoms with Gasteiger partial charge < -0.3 is 19.3 Å². The summed E-state index contributed by atoms with van der Waals surface area (Å²) in [7, 11) is 0. The highest BCUT2D eigenvalue weighted by Crippen LogP contribution is 2.42. The lowest BCUT2D eigenvalue weighted by molar-refractivity contribution is 0.0951. The molecular weight excluding hydrogens is 809 g/mol. The quantitative estimate of drug-likeness (QED) is 0.142. The number of thiophene rings is 2. The van der Waals surface area contributed by atoms with Gasteiger partial charge in [0.05, 0.1) is 10.0 Å². The van der Waals surface area contributed by atoms with Crippen LogP contribution in [0.25, 0.3) is 36.5 Å². The monoisotopic (exact) mass is 854 g/mol. The number of allylic oxidation sites excluding steroid dienone is 4. The predicted molar refractivity (Wildman–Crippen MR) is 250 cm³/mol. The van der Waals surface area contributed by atoms with Gasteiger partial charge in [0.25, 0.3) is 0 Å². The van der Waals surface area contributed by atoms with Crippen molar-refractivity contribution in [3.05, 3.63) is 126 Å². The molecule has 0 aliphatic carbocycles. The Labute approximate surface area is 373 Å². The van der Waals surface area contributed by atoms with E-state index in [1.54, 1.807) is 62.5 Å². The van der Waals surface area contributed by atoms with E-state index in [-0.39, 0.29) is 33.8 Å². The van der Waals surface area contributed by atoms with Crippen LogP contribution in [0.4, 0.5) is 10.0 Å². The van der Waals surface area contributed by atoms with E-state index >= 15 is 0 Å². The van der Waals surface area contributed by atoms with Crippen molar-refractivity contribution < 1.29 is 9.47 Å². The van der Waals surface area contributed by atoms with Crippen molar-refractivity contribution in [2.24, 2.45) is 0 Å². The number of hydrogen-bond acceptors (Lipinski definition) is 12. The lowest BCUT2D eigenvalue weighted by atomic mass is 9.91. The smallest absolute Gasteiger partial charge is 0.172 e. The number of nitriles is 6. The Morgan fingerprint density at radius 3 is 1.13 bits per heavy atom. The van der Waals surface area contributed by atoms with E-state index in [4.69, 9.17) is 9.47 Å². The van der Waals surface area contributed by atoms with Crippen molar-refractivity contribution in [3.8, 4) is 36.4 Å². The highest BCUT2D eigenvalue weighted by atomic mass is 32.1. The molecule has 5 rings (SSSR count). The molecule has 0 spiro atoms. The summed E-state index contributed by atoms with van der Waals surface area (Å²) in [6, 6.07) is 24.3. The third-order valence-corrected chi connectivity index (χ3v) is 12.7. The number of nitrogens with zero attached hydrogens (tertiary/aromatic N) is 8. The van der Waals surface area contributed by atoms with Gasteiger partial charge in [-0.15, -0.1) is 22.7 Å². The minimum atomic E-state index is -1.04. The van der Waals surface area contributed by atoms with Crippen molar-refractivity contribution in [3.63, 3.8) is 0 Å². The fourth-order valence-corrected chi connectivity index (χ4v) is 9.25. The van der Waals surface area contributed by atoms with E-state index < -0.39 is 11.2 Å². The Kier molecular flexibility index (Phi) is 14.6. The predicted octanol–water partition coefficient (Wildman–Crippen LogP) is 11.7. The van der Waals surface area contributed by atoms with Crippen molar-refractivity contribution >= 4 is 69.1 Å². The van der Waals surface area contributed by atoms with Crippen LogP contribution in [-0.2, 0) is 9.47 Å². The van der Waals surface area contributed by atoms with E-state index in [2.05, 4.69) is 98.2 Å². The maximum absolute atomic E-state index is 10.3. The van der Waals surface area contributed by atoms with Crippen LogP contribution in [0.3, 0.4) is 0 Å². The van der Waals surface area contributed by atoms with Crippen molar-refractivity contribution in [2.45, 2.75) is 66.6 Å². The molecule has 0 fully saturated rings. The van der Waals surface area contributed by atoms with Gasteiger partial charge in [-0.1, -0.05) is 36.5 Å². The zero-order valence-electron chi connectivity index (χ0n) is 36.1. The van der Waals surface area contributed by atoms with Crippen LogP contribution in [0.5, 0.6) is 0 Å². The second-order valence-corrected chi connectivity index (χ2v) is 17.2. The van der Waals surface area contributed by atoms with Gasteiger partial charge in [0.15, 0.2) is 22.7 Å². The molecule has 1 aromatic carbocycles. The largest absolute Gasteiger partial charge is 0.480 e. The zero-order chi connectivity index (χ0) is 45.2. The molecule has 0 atom stereocenters. The lowest BCUT2D eigenvalue weighted by Crippen LogP contribution is -2.20. The Balaban J connectivity index is 1.78. The Hall–Kier alpha value is -7.32. The fraction of sp³-hybridized carbons (Fsp3) is 0.280. The van der Waals surface area contributed by atoms with Crippen LogP contribution < -0.4 is 9.80 Å². The molecular formula is C50H46N8O2S2. The molecule has 310 valence electrons. The van der Waals surface area contributed by atoms with Crippen molar-refractivity contribution in [2.75, 3.05) is 36.0 Å². The summed E-state index contributed by atoms with van der Waals surface area (Å²) >= 11 is 3.43. The molecule has 62 heavy (non-hydrogen) atoms. The minimum absolute atomic E-state index is 0.0541. The number of ether oxygens (including phenoxy) is 2. The molecule has 4 heterocycles. The van der Waals surface area contributed by atoms with E-state index in [1.807, 2.05) is 48.6 Å². The second kappa shape index (κ2) is 19.8. The third-order valence-electron chi connectivity index (χ3n) is 10.5. The average Bonchev–Trinajstić information content (AvgIpc) is 4.04. The average molecular weight is 855 g/mol. The molecule has 0 saturated carbocycles. The molecule has 2 aliphatic rings. The van der Waals surface area contributed by atoms with E-state index in [9.17, 15) is 31.6 Å². The van der Waals surface area contributed by atoms with Crippen LogP contribution in [-0.4, -0.2) is 37.4 Å². The molecule has 12 heteroatoms. The standard InChI is InChI=1S/C50H46N8O2S2/c1-9-57(10-2)45-23-19-39(61-45)17-13-33-25-35(15-21-43-41(31-55)47(37(27-51)28-52)59-49(43,5)6)36(26-34(33)14-18-40-20-24-46(62-40)58(11-3)12-4)16-22-44-42(32-56)48(38(29-53)30-54)60-50(44,7)8/h13-26H,9-12H2,1-8H3/b17-13+,18-14+,21-15+,22-16+. The Morgan fingerprint density at radius 1 is 0.516 bits per heavy atom. The van der Waals surface area contributed by atoms with Gasteiger partial charge in [0.2, 0.25) is 0 Å². The maximum Gasteiger partial charge on any atom is 0.172 e. The number of hydrogen-bond donors (Lipinski definition) is 0. The summed E-state index contributed by atoms with van der Waals surface area (Å²) in [5.74, 6) is -0.108. The van der Waals surface area contributed by atoms with Crippen molar-refractivity contribution in [1.82, 2.24) is 0 Å². The summed E-state index contributed by atoms with van der Waals surface area (Å²) in [6.45, 7) is 19.3. The van der Waals surface area contributed by atoms with Crippen LogP contribution in [0, 0.1) is 68.0 Å². The SMILES string of the molecule is CCN(CC)c1ccc(/C=C/c2cc(/C=C/C3=C(C#N)C(=C(C#N)C#N)OC3(C)C)c(/C=C/C3=C(C#N)C(=C(C#N)C#N)OC3(C)C)cc2/C=C/c2ccc(N(CC)CC)s2)s1. The van der Waals surface area contributed by atoms with Gasteiger partial charge >= 0.3 is 0 Å². The van der Waals surface area contributed by atoms with E-state index in [0.29, 0.717) is 11.1 Å². The van der Waals surface area contributed by atoms with Crippen LogP contribution in [0.2, 0.25) is 0 Å². The van der Waals surface area contributed by atoms with Crippen LogP contribution in [0.1, 0.15) is 87.4 Å². The fourth-order valence-electron chi connectivity index (χ4n) is 7.17. The zero-order valence-corrected chi connectivity index (χ0v) is 37.8. The van der Waals surface area contributed by atoms with Crippen LogP contribution in [0.15, 0.2) is 93.5 Å². The summed E-state index contributed by atoms with van der Waals surface area (Å²) in [6.07, 6.45) is 15.7. The lowest BCUT2D eigenvalue weighted by Gasteiger charge is -2.21. The molecule has 0 unspecified atom stereocenters. The van der Waals surface area contributed by atoms with Gasteiger partial charge in [-0.2, -0.15) is 31.6 Å².